The molecule has 1 atom stereocenters. The number of amides is 1. The van der Waals surface area contributed by atoms with E-state index in [0.29, 0.717) is 41.8 Å². The normalized spacial score (nSPS) is 17.8. The van der Waals surface area contributed by atoms with Gasteiger partial charge >= 0.3 is 0 Å². The Hall–Kier alpha value is -2.73. The molecule has 1 fully saturated rings. The Balaban J connectivity index is 1.43. The number of benzene rings is 2. The number of rotatable bonds is 9. The van der Waals surface area contributed by atoms with Crippen molar-refractivity contribution in [1.82, 2.24) is 14.2 Å². The summed E-state index contributed by atoms with van der Waals surface area (Å²) in [7, 11) is -3.61. The highest BCUT2D eigenvalue weighted by atomic mass is 32.2. The number of hydrogen-bond acceptors (Lipinski definition) is 8. The summed E-state index contributed by atoms with van der Waals surface area (Å²) in [5.41, 5.74) is 1.16. The number of aromatic nitrogens is 1. The minimum absolute atomic E-state index is 0.0261. The lowest BCUT2D eigenvalue weighted by atomic mass is 10.1. The summed E-state index contributed by atoms with van der Waals surface area (Å²) in [6.45, 7) is 9.76. The fraction of sp³-hybridized carbons (Fsp3) is 0.481. The third-order valence-electron chi connectivity index (χ3n) is 7.33. The molecule has 1 aromatic heterocycles. The van der Waals surface area contributed by atoms with Crippen LogP contribution in [0.1, 0.15) is 50.4 Å². The van der Waals surface area contributed by atoms with Crippen molar-refractivity contribution in [2.24, 2.45) is 0 Å². The Morgan fingerprint density at radius 1 is 1.08 bits per heavy atom. The van der Waals surface area contributed by atoms with Crippen LogP contribution in [0.5, 0.6) is 11.5 Å². The molecule has 204 valence electrons. The fourth-order valence-corrected chi connectivity index (χ4v) is 7.68. The highest BCUT2D eigenvalue weighted by molar-refractivity contribution is 7.89. The molecule has 0 N–H and O–H groups in total. The van der Waals surface area contributed by atoms with Gasteiger partial charge in [-0.15, -0.1) is 0 Å². The minimum Gasteiger partial charge on any atom is -0.454 e. The maximum Gasteiger partial charge on any atom is 0.260 e. The number of hydrogen-bond donors (Lipinski definition) is 0. The van der Waals surface area contributed by atoms with Crippen LogP contribution in [0.25, 0.3) is 10.2 Å². The van der Waals surface area contributed by atoms with Gasteiger partial charge in [0, 0.05) is 43.4 Å². The van der Waals surface area contributed by atoms with Crippen LogP contribution < -0.4 is 14.4 Å². The number of thiazole rings is 1. The number of ether oxygens (including phenoxy) is 2. The summed E-state index contributed by atoms with van der Waals surface area (Å²) in [6, 6.07) is 10.0. The van der Waals surface area contributed by atoms with Gasteiger partial charge in [0.25, 0.3) is 5.91 Å². The van der Waals surface area contributed by atoms with Crippen molar-refractivity contribution < 1.29 is 22.7 Å². The predicted molar refractivity (Wildman–Crippen MR) is 149 cm³/mol. The molecule has 0 aliphatic carbocycles. The van der Waals surface area contributed by atoms with E-state index < -0.39 is 10.0 Å². The van der Waals surface area contributed by atoms with E-state index in [1.165, 1.54) is 11.3 Å². The van der Waals surface area contributed by atoms with Crippen LogP contribution in [0.15, 0.2) is 41.3 Å². The van der Waals surface area contributed by atoms with E-state index in [1.807, 2.05) is 19.1 Å². The van der Waals surface area contributed by atoms with E-state index >= 15 is 0 Å². The summed E-state index contributed by atoms with van der Waals surface area (Å²) in [6.07, 6.45) is 2.77. The van der Waals surface area contributed by atoms with Gasteiger partial charge < -0.3 is 14.4 Å². The van der Waals surface area contributed by atoms with E-state index in [1.54, 1.807) is 33.5 Å². The monoisotopic (exact) mass is 558 g/mol. The number of nitrogens with zero attached hydrogens (tertiary/aromatic N) is 4. The molecule has 1 amide bonds. The average molecular weight is 559 g/mol. The number of carbonyl (C=O) groups excluding carboxylic acids is 1. The molecular formula is C27H34N4O5S2. The maximum absolute atomic E-state index is 13.8. The van der Waals surface area contributed by atoms with Gasteiger partial charge in [-0.3, -0.25) is 9.69 Å². The quantitative estimate of drug-likeness (QED) is 0.380. The van der Waals surface area contributed by atoms with Crippen LogP contribution in [-0.4, -0.2) is 74.1 Å². The van der Waals surface area contributed by atoms with E-state index in [4.69, 9.17) is 14.5 Å². The van der Waals surface area contributed by atoms with Gasteiger partial charge in [0.1, 0.15) is 0 Å². The Morgan fingerprint density at radius 2 is 1.79 bits per heavy atom. The van der Waals surface area contributed by atoms with Crippen molar-refractivity contribution in [3.63, 3.8) is 0 Å². The molecule has 2 aromatic carbocycles. The highest BCUT2D eigenvalue weighted by Crippen LogP contribution is 2.40. The standard InChI is InChI=1S/C27H34N4O5S2/c1-4-29(5-2)14-15-30(27-28-22-16-23-24(36-18-35-23)17-25(22)37-27)26(32)20-9-11-21(12-10-20)38(33,34)31-13-7-6-8-19(31)3/h9-12,16-17,19H,4-8,13-15,18H2,1-3H3. The molecule has 0 radical (unpaired) electrons. The molecule has 0 bridgehead atoms. The summed E-state index contributed by atoms with van der Waals surface area (Å²) in [5, 5.41) is 0.583. The third kappa shape index (κ3) is 5.25. The second-order valence-corrected chi connectivity index (χ2v) is 12.5. The second kappa shape index (κ2) is 11.2. The Kier molecular flexibility index (Phi) is 7.90. The molecule has 3 heterocycles. The zero-order valence-corrected chi connectivity index (χ0v) is 23.7. The summed E-state index contributed by atoms with van der Waals surface area (Å²) < 4.78 is 40.0. The molecule has 11 heteroatoms. The van der Waals surface area contributed by atoms with Crippen molar-refractivity contribution in [3.8, 4) is 11.5 Å². The van der Waals surface area contributed by atoms with Crippen LogP contribution >= 0.6 is 11.3 Å². The molecule has 2 aliphatic heterocycles. The first kappa shape index (κ1) is 26.9. The van der Waals surface area contributed by atoms with E-state index in [2.05, 4.69) is 18.7 Å². The first-order chi connectivity index (χ1) is 18.3. The van der Waals surface area contributed by atoms with Gasteiger partial charge in [-0.25, -0.2) is 13.4 Å². The lowest BCUT2D eigenvalue weighted by Crippen LogP contribution is -2.42. The second-order valence-electron chi connectivity index (χ2n) is 9.64. The zero-order valence-electron chi connectivity index (χ0n) is 22.1. The molecule has 5 rings (SSSR count). The van der Waals surface area contributed by atoms with E-state index in [-0.39, 0.29) is 23.6 Å². The van der Waals surface area contributed by atoms with Crippen molar-refractivity contribution in [1.29, 1.82) is 0 Å². The Bertz CT molecular complexity index is 1360. The van der Waals surface area contributed by atoms with Gasteiger partial charge in [0.2, 0.25) is 16.8 Å². The largest absolute Gasteiger partial charge is 0.454 e. The molecule has 9 nitrogen and oxygen atoms in total. The molecule has 3 aromatic rings. The minimum atomic E-state index is -3.61. The fourth-order valence-electron chi connectivity index (χ4n) is 4.98. The molecular weight excluding hydrogens is 524 g/mol. The number of piperidine rings is 1. The zero-order chi connectivity index (χ0) is 26.9. The maximum atomic E-state index is 13.8. The molecule has 0 spiro atoms. The number of fused-ring (bicyclic) bond motifs is 2. The van der Waals surface area contributed by atoms with Crippen LogP contribution in [0.4, 0.5) is 5.13 Å². The predicted octanol–water partition coefficient (Wildman–Crippen LogP) is 4.58. The summed E-state index contributed by atoms with van der Waals surface area (Å²) in [4.78, 5) is 22.7. The van der Waals surface area contributed by atoms with Gasteiger partial charge in [-0.1, -0.05) is 31.6 Å². The van der Waals surface area contributed by atoms with Crippen molar-refractivity contribution in [2.45, 2.75) is 51.0 Å². The highest BCUT2D eigenvalue weighted by Gasteiger charge is 2.31. The lowest BCUT2D eigenvalue weighted by molar-refractivity contribution is 0.0983. The van der Waals surface area contributed by atoms with Crippen LogP contribution in [0.3, 0.4) is 0 Å². The molecule has 38 heavy (non-hydrogen) atoms. The van der Waals surface area contributed by atoms with Gasteiger partial charge in [-0.05, 0) is 57.1 Å². The first-order valence-corrected chi connectivity index (χ1v) is 15.4. The lowest BCUT2D eigenvalue weighted by Gasteiger charge is -2.32. The van der Waals surface area contributed by atoms with Crippen LogP contribution in [0.2, 0.25) is 0 Å². The number of anilines is 1. The Labute approximate surface area is 228 Å². The van der Waals surface area contributed by atoms with Gasteiger partial charge in [0.15, 0.2) is 16.6 Å². The topological polar surface area (TPSA) is 92.3 Å². The molecule has 1 saturated heterocycles. The van der Waals surface area contributed by atoms with Crippen molar-refractivity contribution >= 4 is 42.6 Å². The summed E-state index contributed by atoms with van der Waals surface area (Å²) in [5.74, 6) is 1.11. The van der Waals surface area contributed by atoms with Crippen LogP contribution in [0, 0.1) is 0 Å². The van der Waals surface area contributed by atoms with Gasteiger partial charge in [-0.2, -0.15) is 4.31 Å². The van der Waals surface area contributed by atoms with E-state index in [0.717, 1.165) is 42.6 Å². The van der Waals surface area contributed by atoms with E-state index in [9.17, 15) is 13.2 Å². The number of likely N-dealkylation sites (N-methyl/N-ethyl adjacent to an activating group) is 1. The SMILES string of the molecule is CCN(CC)CCN(C(=O)c1ccc(S(=O)(=O)N2CCCCC2C)cc1)c1nc2cc3c(cc2s1)OCO3. The first-order valence-electron chi connectivity index (χ1n) is 13.2. The van der Waals surface area contributed by atoms with Crippen molar-refractivity contribution in [2.75, 3.05) is 44.4 Å². The molecule has 2 aliphatic rings. The molecule has 0 saturated carbocycles. The Morgan fingerprint density at radius 3 is 2.47 bits per heavy atom. The summed E-state index contributed by atoms with van der Waals surface area (Å²) >= 11 is 1.43. The van der Waals surface area contributed by atoms with Crippen molar-refractivity contribution in [3.05, 3.63) is 42.0 Å². The molecule has 1 unspecified atom stereocenters. The average Bonchev–Trinajstić information content (AvgIpc) is 3.55. The van der Waals surface area contributed by atoms with Crippen LogP contribution in [-0.2, 0) is 10.0 Å². The number of carbonyl (C=O) groups is 1. The third-order valence-corrected chi connectivity index (χ3v) is 10.4. The van der Waals surface area contributed by atoms with Gasteiger partial charge in [0.05, 0.1) is 15.1 Å². The number of sulfonamides is 1. The smallest absolute Gasteiger partial charge is 0.260 e.